The maximum absolute atomic E-state index is 12.7. The normalized spacial score (nSPS) is 11.5. The number of nitrogens with zero attached hydrogens (tertiary/aromatic N) is 1. The molecule has 2 heterocycles. The molecule has 0 aliphatic heterocycles. The van der Waals surface area contributed by atoms with Gasteiger partial charge in [-0.2, -0.15) is 0 Å². The Labute approximate surface area is 144 Å². The van der Waals surface area contributed by atoms with Crippen LogP contribution in [0.2, 0.25) is 0 Å². The third kappa shape index (κ3) is 3.16. The number of aromatic amines is 1. The lowest BCUT2D eigenvalue weighted by Gasteiger charge is -2.09. The maximum atomic E-state index is 12.7. The Morgan fingerprint density at radius 2 is 1.96 bits per heavy atom. The number of aromatic nitrogens is 2. The van der Waals surface area contributed by atoms with Crippen molar-refractivity contribution < 1.29 is 0 Å². The topological polar surface area (TPSA) is 37.8 Å². The van der Waals surface area contributed by atoms with E-state index in [0.717, 1.165) is 22.2 Å². The zero-order chi connectivity index (χ0) is 16.6. The molecular weight excluding hydrogens is 324 g/mol. The second kappa shape index (κ2) is 6.42. The molecule has 0 saturated heterocycles. The van der Waals surface area contributed by atoms with Crippen molar-refractivity contribution in [2.75, 3.05) is 0 Å². The van der Waals surface area contributed by atoms with E-state index in [2.05, 4.69) is 50.0 Å². The molecule has 3 rings (SSSR count). The fourth-order valence-corrected chi connectivity index (χ4v) is 3.91. The predicted octanol–water partition coefficient (Wildman–Crippen LogP) is 4.85. The van der Waals surface area contributed by atoms with Crippen molar-refractivity contribution in [2.45, 2.75) is 39.7 Å². The van der Waals surface area contributed by atoms with Gasteiger partial charge >= 0.3 is 0 Å². The number of nitrogens with one attached hydrogen (secondary N) is 1. The molecule has 3 nitrogen and oxygen atoms in total. The highest BCUT2D eigenvalue weighted by molar-refractivity contribution is 7.71. The molecule has 0 amide bonds. The van der Waals surface area contributed by atoms with Crippen molar-refractivity contribution in [2.24, 2.45) is 0 Å². The number of aryl methyl sites for hydroxylation is 1. The number of rotatable bonds is 4. The molecule has 0 aliphatic rings. The number of H-pyrrole nitrogens is 1. The van der Waals surface area contributed by atoms with Crippen molar-refractivity contribution in [3.8, 4) is 0 Å². The van der Waals surface area contributed by atoms with Crippen molar-refractivity contribution in [1.82, 2.24) is 9.55 Å². The SMILES string of the molecule is CCc1cc2c(=O)n(Cc3ccc(C(C)C)cc3)c(=S)[nH]c2s1. The molecule has 0 fully saturated rings. The van der Waals surface area contributed by atoms with Gasteiger partial charge in [-0.3, -0.25) is 9.36 Å². The van der Waals surface area contributed by atoms with E-state index in [4.69, 9.17) is 12.2 Å². The van der Waals surface area contributed by atoms with Crippen LogP contribution in [0.5, 0.6) is 0 Å². The number of benzene rings is 1. The summed E-state index contributed by atoms with van der Waals surface area (Å²) in [6, 6.07) is 10.4. The zero-order valence-electron chi connectivity index (χ0n) is 13.6. The second-order valence-corrected chi connectivity index (χ2v) is 7.55. The van der Waals surface area contributed by atoms with Crippen LogP contribution in [0.15, 0.2) is 35.1 Å². The fourth-order valence-electron chi connectivity index (χ4n) is 2.60. The van der Waals surface area contributed by atoms with E-state index in [1.54, 1.807) is 15.9 Å². The number of hydrogen-bond acceptors (Lipinski definition) is 3. The van der Waals surface area contributed by atoms with Crippen LogP contribution < -0.4 is 5.56 Å². The molecule has 0 bridgehead atoms. The van der Waals surface area contributed by atoms with Gasteiger partial charge in [-0.1, -0.05) is 45.0 Å². The summed E-state index contributed by atoms with van der Waals surface area (Å²) in [5.41, 5.74) is 2.38. The summed E-state index contributed by atoms with van der Waals surface area (Å²) >= 11 is 7.00. The smallest absolute Gasteiger partial charge is 0.263 e. The Morgan fingerprint density at radius 3 is 2.57 bits per heavy atom. The van der Waals surface area contributed by atoms with Gasteiger partial charge in [0.1, 0.15) is 4.83 Å². The molecule has 2 aromatic heterocycles. The van der Waals surface area contributed by atoms with Crippen molar-refractivity contribution in [3.05, 3.63) is 61.5 Å². The minimum absolute atomic E-state index is 0.00682. The fraction of sp³-hybridized carbons (Fsp3) is 0.333. The van der Waals surface area contributed by atoms with E-state index in [0.29, 0.717) is 17.2 Å². The summed E-state index contributed by atoms with van der Waals surface area (Å²) in [7, 11) is 0. The van der Waals surface area contributed by atoms with E-state index >= 15 is 0 Å². The molecule has 120 valence electrons. The maximum Gasteiger partial charge on any atom is 0.263 e. The lowest BCUT2D eigenvalue weighted by molar-refractivity contribution is 0.734. The highest BCUT2D eigenvalue weighted by Gasteiger charge is 2.10. The summed E-state index contributed by atoms with van der Waals surface area (Å²) < 4.78 is 2.13. The van der Waals surface area contributed by atoms with Crippen LogP contribution in [0, 0.1) is 4.77 Å². The molecule has 0 unspecified atom stereocenters. The van der Waals surface area contributed by atoms with Crippen molar-refractivity contribution in [3.63, 3.8) is 0 Å². The monoisotopic (exact) mass is 344 g/mol. The lowest BCUT2D eigenvalue weighted by atomic mass is 10.0. The molecule has 0 saturated carbocycles. The van der Waals surface area contributed by atoms with E-state index in [9.17, 15) is 4.79 Å². The number of fused-ring (bicyclic) bond motifs is 1. The molecule has 0 spiro atoms. The third-order valence-electron chi connectivity index (χ3n) is 4.06. The van der Waals surface area contributed by atoms with Crippen molar-refractivity contribution in [1.29, 1.82) is 0 Å². The van der Waals surface area contributed by atoms with Crippen LogP contribution in [0.3, 0.4) is 0 Å². The molecule has 0 aliphatic carbocycles. The summed E-state index contributed by atoms with van der Waals surface area (Å²) in [6.45, 7) is 6.94. The first kappa shape index (κ1) is 16.1. The third-order valence-corrected chi connectivity index (χ3v) is 5.58. The van der Waals surface area contributed by atoms with E-state index in [-0.39, 0.29) is 5.56 Å². The summed E-state index contributed by atoms with van der Waals surface area (Å²) in [6.07, 6.45) is 0.927. The summed E-state index contributed by atoms with van der Waals surface area (Å²) in [5, 5.41) is 0.735. The van der Waals surface area contributed by atoms with Gasteiger partial charge in [0.25, 0.3) is 5.56 Å². The van der Waals surface area contributed by atoms with Gasteiger partial charge in [0.05, 0.1) is 11.9 Å². The summed E-state index contributed by atoms with van der Waals surface area (Å²) in [4.78, 5) is 18.0. The van der Waals surface area contributed by atoms with Crippen LogP contribution in [0.25, 0.3) is 10.2 Å². The quantitative estimate of drug-likeness (QED) is 0.687. The first-order chi connectivity index (χ1) is 11.0. The Morgan fingerprint density at radius 1 is 1.26 bits per heavy atom. The zero-order valence-corrected chi connectivity index (χ0v) is 15.2. The average molecular weight is 345 g/mol. The number of thiophene rings is 1. The number of hydrogen-bond donors (Lipinski definition) is 1. The van der Waals surface area contributed by atoms with Crippen LogP contribution in [0.4, 0.5) is 0 Å². The van der Waals surface area contributed by atoms with Crippen LogP contribution in [-0.4, -0.2) is 9.55 Å². The van der Waals surface area contributed by atoms with E-state index < -0.39 is 0 Å². The Balaban J connectivity index is 2.02. The molecular formula is C18H20N2OS2. The van der Waals surface area contributed by atoms with Crippen LogP contribution in [0.1, 0.15) is 42.7 Å². The van der Waals surface area contributed by atoms with E-state index in [1.165, 1.54) is 10.4 Å². The highest BCUT2D eigenvalue weighted by atomic mass is 32.1. The Kier molecular flexibility index (Phi) is 4.50. The largest absolute Gasteiger partial charge is 0.323 e. The predicted molar refractivity (Wildman–Crippen MR) is 100 cm³/mol. The van der Waals surface area contributed by atoms with Gasteiger partial charge in [0, 0.05) is 4.88 Å². The van der Waals surface area contributed by atoms with Gasteiger partial charge < -0.3 is 4.98 Å². The minimum atomic E-state index is -0.00682. The molecule has 3 aromatic rings. The molecule has 0 atom stereocenters. The first-order valence-corrected chi connectivity index (χ1v) is 9.06. The van der Waals surface area contributed by atoms with Gasteiger partial charge in [0.2, 0.25) is 0 Å². The highest BCUT2D eigenvalue weighted by Crippen LogP contribution is 2.22. The minimum Gasteiger partial charge on any atom is -0.323 e. The Hall–Kier alpha value is -1.72. The van der Waals surface area contributed by atoms with Gasteiger partial charge in [-0.15, -0.1) is 11.3 Å². The standard InChI is InChI=1S/C18H20N2OS2/c1-4-14-9-15-16(23-14)19-18(22)20(17(15)21)10-12-5-7-13(8-6-12)11(2)3/h5-9,11H,4,10H2,1-3H3,(H,19,22). The van der Waals surface area contributed by atoms with Gasteiger partial charge in [0.15, 0.2) is 4.77 Å². The average Bonchev–Trinajstić information content (AvgIpc) is 2.95. The van der Waals surface area contributed by atoms with Crippen molar-refractivity contribution >= 4 is 33.8 Å². The summed E-state index contributed by atoms with van der Waals surface area (Å²) in [5.74, 6) is 0.504. The molecule has 0 radical (unpaired) electrons. The molecule has 1 N–H and O–H groups in total. The Bertz CT molecular complexity index is 946. The van der Waals surface area contributed by atoms with Crippen LogP contribution >= 0.6 is 23.6 Å². The van der Waals surface area contributed by atoms with Crippen LogP contribution in [-0.2, 0) is 13.0 Å². The first-order valence-electron chi connectivity index (χ1n) is 7.84. The van der Waals surface area contributed by atoms with Gasteiger partial charge in [-0.25, -0.2) is 0 Å². The van der Waals surface area contributed by atoms with E-state index in [1.807, 2.05) is 6.07 Å². The molecule has 1 aromatic carbocycles. The van der Waals surface area contributed by atoms with Gasteiger partial charge in [-0.05, 0) is 41.7 Å². The second-order valence-electron chi connectivity index (χ2n) is 6.03. The molecule has 5 heteroatoms. The lowest BCUT2D eigenvalue weighted by Crippen LogP contribution is -2.22. The molecule has 23 heavy (non-hydrogen) atoms.